The lowest BCUT2D eigenvalue weighted by atomic mass is 9.88. The molecule has 1 fully saturated rings. The van der Waals surface area contributed by atoms with E-state index in [1.165, 1.54) is 0 Å². The van der Waals surface area contributed by atoms with Gasteiger partial charge in [-0.3, -0.25) is 9.59 Å². The van der Waals surface area contributed by atoms with E-state index in [1.54, 1.807) is 0 Å². The molecule has 0 radical (unpaired) electrons. The molecule has 1 aromatic carbocycles. The number of carbonyl (C=O) groups is 2. The molecule has 0 spiro atoms. The third-order valence-electron chi connectivity index (χ3n) is 4.42. The Hall–Kier alpha value is -1.84. The summed E-state index contributed by atoms with van der Waals surface area (Å²) < 4.78 is 0. The summed E-state index contributed by atoms with van der Waals surface area (Å²) in [5.41, 5.74) is 1.09. The Morgan fingerprint density at radius 1 is 1.19 bits per heavy atom. The minimum absolute atomic E-state index is 0.0382. The first-order chi connectivity index (χ1) is 10.1. The summed E-state index contributed by atoms with van der Waals surface area (Å²) in [7, 11) is 0. The maximum Gasteiger partial charge on any atom is 0.307 e. The van der Waals surface area contributed by atoms with Gasteiger partial charge in [0.05, 0.1) is 17.9 Å². The van der Waals surface area contributed by atoms with Crippen LogP contribution in [-0.4, -0.2) is 17.0 Å². The van der Waals surface area contributed by atoms with Crippen molar-refractivity contribution in [1.29, 1.82) is 0 Å². The maximum absolute atomic E-state index is 12.3. The van der Waals surface area contributed by atoms with Crippen LogP contribution in [-0.2, 0) is 9.59 Å². The van der Waals surface area contributed by atoms with Crippen molar-refractivity contribution < 1.29 is 14.7 Å². The SMILES string of the molecule is CCC(CC)C(NC(=O)[C@@H]1C[C@@H]1C(=O)O)c1ccccc1. The topological polar surface area (TPSA) is 66.4 Å². The first-order valence-electron chi connectivity index (χ1n) is 7.66. The Bertz CT molecular complexity index is 496. The average Bonchev–Trinajstić information content (AvgIpc) is 3.29. The largest absolute Gasteiger partial charge is 0.481 e. The van der Waals surface area contributed by atoms with Gasteiger partial charge in [-0.15, -0.1) is 0 Å². The molecule has 0 heterocycles. The molecular formula is C17H23NO3. The van der Waals surface area contributed by atoms with E-state index in [1.807, 2.05) is 30.3 Å². The molecule has 2 rings (SSSR count). The molecule has 0 aliphatic heterocycles. The molecule has 1 aromatic rings. The molecule has 1 amide bonds. The van der Waals surface area contributed by atoms with Crippen LogP contribution in [0.5, 0.6) is 0 Å². The molecule has 1 unspecified atom stereocenters. The number of carboxylic acids is 1. The van der Waals surface area contributed by atoms with E-state index in [2.05, 4.69) is 19.2 Å². The van der Waals surface area contributed by atoms with Crippen LogP contribution in [0.15, 0.2) is 30.3 Å². The maximum atomic E-state index is 12.3. The number of hydrogen-bond acceptors (Lipinski definition) is 2. The van der Waals surface area contributed by atoms with E-state index in [0.29, 0.717) is 12.3 Å². The molecule has 1 saturated carbocycles. The zero-order valence-corrected chi connectivity index (χ0v) is 12.6. The molecule has 2 N–H and O–H groups in total. The van der Waals surface area contributed by atoms with Crippen molar-refractivity contribution in [3.05, 3.63) is 35.9 Å². The van der Waals surface area contributed by atoms with Crippen molar-refractivity contribution in [2.45, 2.75) is 39.2 Å². The Kier molecular flexibility index (Phi) is 4.99. The third-order valence-corrected chi connectivity index (χ3v) is 4.42. The normalized spacial score (nSPS) is 21.9. The van der Waals surface area contributed by atoms with Crippen molar-refractivity contribution in [2.75, 3.05) is 0 Å². The van der Waals surface area contributed by atoms with E-state index >= 15 is 0 Å². The van der Waals surface area contributed by atoms with Crippen molar-refractivity contribution in [3.8, 4) is 0 Å². The summed E-state index contributed by atoms with van der Waals surface area (Å²) in [6.07, 6.45) is 2.42. The van der Waals surface area contributed by atoms with Gasteiger partial charge in [-0.25, -0.2) is 0 Å². The smallest absolute Gasteiger partial charge is 0.307 e. The zero-order valence-electron chi connectivity index (χ0n) is 12.6. The lowest BCUT2D eigenvalue weighted by molar-refractivity contribution is -0.140. The Morgan fingerprint density at radius 3 is 2.29 bits per heavy atom. The van der Waals surface area contributed by atoms with E-state index in [0.717, 1.165) is 18.4 Å². The monoisotopic (exact) mass is 289 g/mol. The molecular weight excluding hydrogens is 266 g/mol. The van der Waals surface area contributed by atoms with Crippen LogP contribution in [0.25, 0.3) is 0 Å². The molecule has 4 nitrogen and oxygen atoms in total. The molecule has 3 atom stereocenters. The summed E-state index contributed by atoms with van der Waals surface area (Å²) >= 11 is 0. The van der Waals surface area contributed by atoms with Gasteiger partial charge in [0.15, 0.2) is 0 Å². The van der Waals surface area contributed by atoms with Gasteiger partial charge >= 0.3 is 5.97 Å². The molecule has 114 valence electrons. The summed E-state index contributed by atoms with van der Waals surface area (Å²) in [6.45, 7) is 4.24. The highest BCUT2D eigenvalue weighted by molar-refractivity contribution is 5.89. The summed E-state index contributed by atoms with van der Waals surface area (Å²) in [5, 5.41) is 12.0. The fraction of sp³-hybridized carbons (Fsp3) is 0.529. The highest BCUT2D eigenvalue weighted by atomic mass is 16.4. The minimum atomic E-state index is -0.867. The Balaban J connectivity index is 2.10. The quantitative estimate of drug-likeness (QED) is 0.811. The molecule has 4 heteroatoms. The fourth-order valence-electron chi connectivity index (χ4n) is 2.91. The van der Waals surface area contributed by atoms with Gasteiger partial charge in [0.2, 0.25) is 5.91 Å². The number of carbonyl (C=O) groups excluding carboxylic acids is 1. The van der Waals surface area contributed by atoms with Crippen molar-refractivity contribution in [2.24, 2.45) is 17.8 Å². The van der Waals surface area contributed by atoms with Crippen LogP contribution >= 0.6 is 0 Å². The lowest BCUT2D eigenvalue weighted by Crippen LogP contribution is -2.35. The number of carboxylic acid groups (broad SMARTS) is 1. The standard InChI is InChI=1S/C17H23NO3/c1-3-11(4-2)15(12-8-6-5-7-9-12)18-16(19)13-10-14(13)17(20)21/h5-9,11,13-15H,3-4,10H2,1-2H3,(H,18,19)(H,20,21)/t13-,14+,15?/m1/s1. The van der Waals surface area contributed by atoms with Crippen LogP contribution in [0.4, 0.5) is 0 Å². The van der Waals surface area contributed by atoms with Gasteiger partial charge in [0, 0.05) is 0 Å². The van der Waals surface area contributed by atoms with Gasteiger partial charge in [0.25, 0.3) is 0 Å². The van der Waals surface area contributed by atoms with Crippen molar-refractivity contribution in [3.63, 3.8) is 0 Å². The van der Waals surface area contributed by atoms with Gasteiger partial charge in [-0.05, 0) is 17.9 Å². The number of amides is 1. The number of benzene rings is 1. The molecule has 0 bridgehead atoms. The lowest BCUT2D eigenvalue weighted by Gasteiger charge is -2.27. The number of nitrogens with one attached hydrogen (secondary N) is 1. The summed E-state index contributed by atoms with van der Waals surface area (Å²) in [6, 6.07) is 9.89. The van der Waals surface area contributed by atoms with Gasteiger partial charge in [-0.1, -0.05) is 57.0 Å². The average molecular weight is 289 g/mol. The predicted molar refractivity (Wildman–Crippen MR) is 80.6 cm³/mol. The van der Waals surface area contributed by atoms with E-state index in [9.17, 15) is 9.59 Å². The second-order valence-electron chi connectivity index (χ2n) is 5.76. The van der Waals surface area contributed by atoms with Crippen molar-refractivity contribution in [1.82, 2.24) is 5.32 Å². The first-order valence-corrected chi connectivity index (χ1v) is 7.66. The second-order valence-corrected chi connectivity index (χ2v) is 5.76. The molecule has 0 aromatic heterocycles. The van der Waals surface area contributed by atoms with Crippen LogP contribution in [0.2, 0.25) is 0 Å². The van der Waals surface area contributed by atoms with Crippen LogP contribution in [0.1, 0.15) is 44.7 Å². The van der Waals surface area contributed by atoms with Gasteiger partial charge in [0.1, 0.15) is 0 Å². The van der Waals surface area contributed by atoms with Crippen LogP contribution < -0.4 is 5.32 Å². The van der Waals surface area contributed by atoms with Gasteiger partial charge < -0.3 is 10.4 Å². The van der Waals surface area contributed by atoms with Crippen LogP contribution in [0, 0.1) is 17.8 Å². The molecule has 1 aliphatic carbocycles. The Morgan fingerprint density at radius 2 is 1.81 bits per heavy atom. The van der Waals surface area contributed by atoms with E-state index < -0.39 is 11.9 Å². The second kappa shape index (κ2) is 6.74. The fourth-order valence-corrected chi connectivity index (χ4v) is 2.91. The molecule has 1 aliphatic rings. The number of hydrogen-bond donors (Lipinski definition) is 2. The summed E-state index contributed by atoms with van der Waals surface area (Å²) in [5.74, 6) is -1.48. The van der Waals surface area contributed by atoms with E-state index in [4.69, 9.17) is 5.11 Å². The highest BCUT2D eigenvalue weighted by Gasteiger charge is 2.48. The van der Waals surface area contributed by atoms with Crippen LogP contribution in [0.3, 0.4) is 0 Å². The summed E-state index contributed by atoms with van der Waals surface area (Å²) in [4.78, 5) is 23.2. The first kappa shape index (κ1) is 15.5. The zero-order chi connectivity index (χ0) is 15.4. The minimum Gasteiger partial charge on any atom is -0.481 e. The third kappa shape index (κ3) is 3.63. The van der Waals surface area contributed by atoms with Gasteiger partial charge in [-0.2, -0.15) is 0 Å². The van der Waals surface area contributed by atoms with Crippen molar-refractivity contribution >= 4 is 11.9 Å². The predicted octanol–water partition coefficient (Wildman–Crippen LogP) is 3.00. The van der Waals surface area contributed by atoms with E-state index in [-0.39, 0.29) is 17.9 Å². The molecule has 21 heavy (non-hydrogen) atoms. The highest BCUT2D eigenvalue weighted by Crippen LogP contribution is 2.40. The number of aliphatic carboxylic acids is 1. The number of rotatable bonds is 7. The molecule has 0 saturated heterocycles. The Labute approximate surface area is 125 Å².